The van der Waals surface area contributed by atoms with Crippen LogP contribution in [0.2, 0.25) is 0 Å². The summed E-state index contributed by atoms with van der Waals surface area (Å²) >= 11 is 0. The highest BCUT2D eigenvalue weighted by molar-refractivity contribution is 5.75. The fourth-order valence-electron chi connectivity index (χ4n) is 3.05. The quantitative estimate of drug-likeness (QED) is 0.930. The Morgan fingerprint density at radius 1 is 1.41 bits per heavy atom. The summed E-state index contributed by atoms with van der Waals surface area (Å²) in [4.78, 5) is 17.8. The van der Waals surface area contributed by atoms with E-state index in [1.165, 1.54) is 4.90 Å². The third-order valence-corrected chi connectivity index (χ3v) is 4.42. The molecule has 2 heterocycles. The average molecular weight is 316 g/mol. The van der Waals surface area contributed by atoms with Crippen molar-refractivity contribution in [1.29, 1.82) is 0 Å². The molecular formula is C14H19F3N4O. The monoisotopic (exact) mass is 316 g/mol. The van der Waals surface area contributed by atoms with Gasteiger partial charge in [0.1, 0.15) is 11.9 Å². The van der Waals surface area contributed by atoms with Gasteiger partial charge in [0.2, 0.25) is 0 Å². The van der Waals surface area contributed by atoms with Crippen molar-refractivity contribution in [3.63, 3.8) is 0 Å². The first kappa shape index (κ1) is 15.2. The van der Waals surface area contributed by atoms with E-state index >= 15 is 0 Å². The van der Waals surface area contributed by atoms with Crippen molar-refractivity contribution < 1.29 is 18.0 Å². The number of hydrogen-bond acceptors (Lipinski definition) is 2. The molecule has 3 rings (SSSR count). The summed E-state index contributed by atoms with van der Waals surface area (Å²) in [6.07, 6.45) is 0.907. The van der Waals surface area contributed by atoms with Crippen LogP contribution < -0.4 is 5.32 Å². The van der Waals surface area contributed by atoms with Crippen molar-refractivity contribution in [3.8, 4) is 0 Å². The zero-order chi connectivity index (χ0) is 15.9. The maximum atomic E-state index is 13.0. The van der Waals surface area contributed by atoms with Crippen molar-refractivity contribution in [1.82, 2.24) is 19.8 Å². The van der Waals surface area contributed by atoms with E-state index < -0.39 is 24.2 Å². The molecule has 0 radical (unpaired) electrons. The lowest BCUT2D eigenvalue weighted by Gasteiger charge is -2.25. The molecule has 1 aromatic heterocycles. The molecule has 1 aromatic rings. The van der Waals surface area contributed by atoms with Crippen LogP contribution >= 0.6 is 0 Å². The Kier molecular flexibility index (Phi) is 3.78. The first-order valence-corrected chi connectivity index (χ1v) is 7.45. The standard InChI is InChI=1S/C14H19F3N4O/c1-20-7-5-18-12(20)10-4-6-21(8-10)13(22)19-11(9-2-3-9)14(15,16)17/h5,7,9-11H,2-4,6,8H2,1H3,(H,19,22). The summed E-state index contributed by atoms with van der Waals surface area (Å²) in [5.74, 6) is 0.484. The fraction of sp³-hybridized carbons (Fsp3) is 0.714. The summed E-state index contributed by atoms with van der Waals surface area (Å²) in [6.45, 7) is 0.866. The van der Waals surface area contributed by atoms with Crippen LogP contribution in [0, 0.1) is 5.92 Å². The van der Waals surface area contributed by atoms with Gasteiger partial charge in [-0.3, -0.25) is 0 Å². The molecule has 0 bridgehead atoms. The molecule has 2 aliphatic rings. The van der Waals surface area contributed by atoms with E-state index in [4.69, 9.17) is 0 Å². The summed E-state index contributed by atoms with van der Waals surface area (Å²) in [7, 11) is 1.87. The topological polar surface area (TPSA) is 50.2 Å². The molecule has 22 heavy (non-hydrogen) atoms. The number of rotatable bonds is 3. The van der Waals surface area contributed by atoms with Crippen LogP contribution in [0.1, 0.15) is 31.0 Å². The molecule has 2 atom stereocenters. The Balaban J connectivity index is 1.60. The van der Waals surface area contributed by atoms with Crippen molar-refractivity contribution in [2.75, 3.05) is 13.1 Å². The van der Waals surface area contributed by atoms with E-state index in [2.05, 4.69) is 10.3 Å². The first-order chi connectivity index (χ1) is 10.4. The van der Waals surface area contributed by atoms with Gasteiger partial charge in [0.05, 0.1) is 0 Å². The Morgan fingerprint density at radius 2 is 2.14 bits per heavy atom. The van der Waals surface area contributed by atoms with E-state index in [9.17, 15) is 18.0 Å². The molecule has 2 amide bonds. The van der Waals surface area contributed by atoms with Crippen LogP contribution in [-0.4, -0.2) is 45.8 Å². The fourth-order valence-corrected chi connectivity index (χ4v) is 3.05. The van der Waals surface area contributed by atoms with Crippen LogP contribution in [0.25, 0.3) is 0 Å². The number of hydrogen-bond donors (Lipinski definition) is 1. The van der Waals surface area contributed by atoms with Gasteiger partial charge < -0.3 is 14.8 Å². The molecule has 1 saturated carbocycles. The Bertz CT molecular complexity index is 553. The minimum atomic E-state index is -4.38. The lowest BCUT2D eigenvalue weighted by atomic mass is 10.1. The minimum absolute atomic E-state index is 0.0796. The largest absolute Gasteiger partial charge is 0.408 e. The molecule has 2 fully saturated rings. The molecule has 0 spiro atoms. The predicted molar refractivity (Wildman–Crippen MR) is 73.2 cm³/mol. The van der Waals surface area contributed by atoms with Gasteiger partial charge in [0, 0.05) is 38.4 Å². The number of amides is 2. The third kappa shape index (κ3) is 3.05. The number of likely N-dealkylation sites (tertiary alicyclic amines) is 1. The third-order valence-electron chi connectivity index (χ3n) is 4.42. The highest BCUT2D eigenvalue weighted by atomic mass is 19.4. The van der Waals surface area contributed by atoms with E-state index in [0.29, 0.717) is 25.9 Å². The number of aryl methyl sites for hydroxylation is 1. The molecule has 1 aliphatic carbocycles. The highest BCUT2D eigenvalue weighted by Crippen LogP contribution is 2.40. The van der Waals surface area contributed by atoms with Crippen LogP contribution in [0.4, 0.5) is 18.0 Å². The van der Waals surface area contributed by atoms with Gasteiger partial charge in [-0.1, -0.05) is 0 Å². The lowest BCUT2D eigenvalue weighted by molar-refractivity contribution is -0.158. The first-order valence-electron chi connectivity index (χ1n) is 7.45. The van der Waals surface area contributed by atoms with Gasteiger partial charge >= 0.3 is 12.2 Å². The van der Waals surface area contributed by atoms with E-state index in [1.807, 2.05) is 17.8 Å². The molecule has 0 aromatic carbocycles. The second-order valence-corrected chi connectivity index (χ2v) is 6.13. The Hall–Kier alpha value is -1.73. The molecule has 5 nitrogen and oxygen atoms in total. The number of aromatic nitrogens is 2. The number of urea groups is 1. The van der Waals surface area contributed by atoms with Crippen LogP contribution in [0.15, 0.2) is 12.4 Å². The molecule has 122 valence electrons. The van der Waals surface area contributed by atoms with Gasteiger partial charge in [-0.05, 0) is 25.2 Å². The van der Waals surface area contributed by atoms with Crippen molar-refractivity contribution in [2.24, 2.45) is 13.0 Å². The number of imidazole rings is 1. The van der Waals surface area contributed by atoms with Crippen LogP contribution in [0.3, 0.4) is 0 Å². The Labute approximate surface area is 126 Å². The Morgan fingerprint density at radius 3 is 2.68 bits per heavy atom. The molecule has 1 aliphatic heterocycles. The predicted octanol–water partition coefficient (Wildman–Crippen LogP) is 2.26. The summed E-state index contributed by atoms with van der Waals surface area (Å²) < 4.78 is 40.8. The van der Waals surface area contributed by atoms with Gasteiger partial charge in [0.25, 0.3) is 0 Å². The molecular weight excluding hydrogens is 297 g/mol. The van der Waals surface area contributed by atoms with Crippen molar-refractivity contribution >= 4 is 6.03 Å². The number of carbonyl (C=O) groups is 1. The van der Waals surface area contributed by atoms with Crippen molar-refractivity contribution in [3.05, 3.63) is 18.2 Å². The normalized spacial score (nSPS) is 23.6. The smallest absolute Gasteiger partial charge is 0.338 e. The lowest BCUT2D eigenvalue weighted by Crippen LogP contribution is -2.51. The minimum Gasteiger partial charge on any atom is -0.338 e. The molecule has 2 unspecified atom stereocenters. The zero-order valence-corrected chi connectivity index (χ0v) is 12.3. The number of alkyl halides is 3. The number of halogens is 3. The number of carbonyl (C=O) groups excluding carboxylic acids is 1. The van der Waals surface area contributed by atoms with Crippen LogP contribution in [0.5, 0.6) is 0 Å². The zero-order valence-electron chi connectivity index (χ0n) is 12.3. The van der Waals surface area contributed by atoms with E-state index in [0.717, 1.165) is 12.2 Å². The number of nitrogens with one attached hydrogen (secondary N) is 1. The maximum absolute atomic E-state index is 13.0. The van der Waals surface area contributed by atoms with Gasteiger partial charge in [0.15, 0.2) is 0 Å². The second-order valence-electron chi connectivity index (χ2n) is 6.13. The van der Waals surface area contributed by atoms with Crippen LogP contribution in [-0.2, 0) is 7.05 Å². The highest BCUT2D eigenvalue weighted by Gasteiger charge is 2.50. The molecule has 1 saturated heterocycles. The molecule has 1 N–H and O–H groups in total. The second kappa shape index (κ2) is 5.48. The van der Waals surface area contributed by atoms with E-state index in [1.54, 1.807) is 6.20 Å². The molecule has 8 heteroatoms. The van der Waals surface area contributed by atoms with Gasteiger partial charge in [-0.25, -0.2) is 9.78 Å². The average Bonchev–Trinajstić information content (AvgIpc) is 2.97. The maximum Gasteiger partial charge on any atom is 0.408 e. The van der Waals surface area contributed by atoms with E-state index in [-0.39, 0.29) is 5.92 Å². The van der Waals surface area contributed by atoms with Crippen molar-refractivity contribution in [2.45, 2.75) is 37.4 Å². The summed E-state index contributed by atoms with van der Waals surface area (Å²) in [5.41, 5.74) is 0. The summed E-state index contributed by atoms with van der Waals surface area (Å²) in [5, 5.41) is 2.18. The number of nitrogens with zero attached hydrogens (tertiary/aromatic N) is 3. The van der Waals surface area contributed by atoms with Gasteiger partial charge in [-0.2, -0.15) is 13.2 Å². The summed E-state index contributed by atoms with van der Waals surface area (Å²) in [6, 6.07) is -2.34. The van der Waals surface area contributed by atoms with Gasteiger partial charge in [-0.15, -0.1) is 0 Å². The SMILES string of the molecule is Cn1ccnc1C1CCN(C(=O)NC(C2CC2)C(F)(F)F)C1.